The summed E-state index contributed by atoms with van der Waals surface area (Å²) in [5, 5.41) is 13.6. The fraction of sp³-hybridized carbons (Fsp3) is 0.500. The second-order valence-electron chi connectivity index (χ2n) is 4.79. The highest BCUT2D eigenvalue weighted by Crippen LogP contribution is 2.22. The minimum Gasteiger partial charge on any atom is -0.313 e. The molecule has 0 unspecified atom stereocenters. The summed E-state index contributed by atoms with van der Waals surface area (Å²) in [6.07, 6.45) is 0. The van der Waals surface area contributed by atoms with Crippen molar-refractivity contribution in [1.29, 1.82) is 0 Å². The lowest BCUT2D eigenvalue weighted by Gasteiger charge is -2.12. The van der Waals surface area contributed by atoms with Crippen LogP contribution in [-0.2, 0) is 10.0 Å². The maximum Gasteiger partial charge on any atom is 0.269 e. The van der Waals surface area contributed by atoms with Crippen LogP contribution in [0.2, 0.25) is 0 Å². The number of hydrogen-bond donors (Lipinski definition) is 2. The Morgan fingerprint density at radius 1 is 1.35 bits per heavy atom. The summed E-state index contributed by atoms with van der Waals surface area (Å²) >= 11 is 0. The van der Waals surface area contributed by atoms with Crippen LogP contribution in [0.5, 0.6) is 0 Å². The van der Waals surface area contributed by atoms with Crippen molar-refractivity contribution in [2.24, 2.45) is 0 Å². The van der Waals surface area contributed by atoms with E-state index in [0.29, 0.717) is 17.8 Å². The molecule has 2 N–H and O–H groups in total. The summed E-state index contributed by atoms with van der Waals surface area (Å²) < 4.78 is 26.2. The van der Waals surface area contributed by atoms with Gasteiger partial charge in [0.1, 0.15) is 0 Å². The number of rotatable bonds is 7. The van der Waals surface area contributed by atoms with Gasteiger partial charge in [0, 0.05) is 24.7 Å². The summed E-state index contributed by atoms with van der Waals surface area (Å²) in [6, 6.07) is 4.23. The number of aryl methyl sites for hydroxylation is 1. The molecule has 0 atom stereocenters. The van der Waals surface area contributed by atoms with Gasteiger partial charge in [0.25, 0.3) is 5.69 Å². The first-order valence-corrected chi connectivity index (χ1v) is 7.85. The number of nitrogens with one attached hydrogen (secondary N) is 2. The average Bonchev–Trinajstić information content (AvgIpc) is 2.30. The van der Waals surface area contributed by atoms with Crippen LogP contribution in [0.3, 0.4) is 0 Å². The normalized spacial score (nSPS) is 11.6. The molecule has 0 saturated carbocycles. The molecule has 1 aromatic rings. The van der Waals surface area contributed by atoms with Crippen molar-refractivity contribution in [3.8, 4) is 0 Å². The molecule has 0 amide bonds. The smallest absolute Gasteiger partial charge is 0.269 e. The number of sulfonamides is 1. The van der Waals surface area contributed by atoms with E-state index in [0.717, 1.165) is 0 Å². The van der Waals surface area contributed by atoms with E-state index < -0.39 is 14.9 Å². The number of nitrogens with zero attached hydrogens (tertiary/aromatic N) is 1. The molecule has 0 heterocycles. The molecule has 20 heavy (non-hydrogen) atoms. The predicted octanol–water partition coefficient (Wildman–Crippen LogP) is 1.64. The maximum absolute atomic E-state index is 11.9. The molecule has 0 aliphatic heterocycles. The molecule has 7 nitrogen and oxygen atoms in total. The number of hydrogen-bond acceptors (Lipinski definition) is 5. The Bertz CT molecular complexity index is 584. The Labute approximate surface area is 118 Å². The molecule has 0 aliphatic rings. The Kier molecular flexibility index (Phi) is 5.46. The van der Waals surface area contributed by atoms with Crippen LogP contribution in [0.4, 0.5) is 11.4 Å². The lowest BCUT2D eigenvalue weighted by atomic mass is 10.2. The summed E-state index contributed by atoms with van der Waals surface area (Å²) in [5.74, 6) is -0.0540. The zero-order valence-electron chi connectivity index (χ0n) is 11.7. The maximum atomic E-state index is 11.9. The molecule has 0 radical (unpaired) electrons. The summed E-state index contributed by atoms with van der Waals surface area (Å²) in [6.45, 7) is 5.83. The minimum absolute atomic E-state index is 0.0540. The lowest BCUT2D eigenvalue weighted by molar-refractivity contribution is -0.384. The lowest BCUT2D eigenvalue weighted by Crippen LogP contribution is -2.31. The molecule has 0 aliphatic carbocycles. The molecule has 0 bridgehead atoms. The third kappa shape index (κ3) is 5.14. The number of nitro groups is 1. The number of non-ortho nitro benzene ring substituents is 1. The first-order valence-electron chi connectivity index (χ1n) is 6.20. The molecular weight excluding hydrogens is 282 g/mol. The fourth-order valence-corrected chi connectivity index (χ4v) is 2.63. The van der Waals surface area contributed by atoms with Crippen molar-refractivity contribution < 1.29 is 13.3 Å². The van der Waals surface area contributed by atoms with E-state index in [-0.39, 0.29) is 17.5 Å². The SMILES string of the molecule is Cc1cc([N+](=O)[O-])ccc1NS(=O)(=O)CCNC(C)C. The zero-order valence-corrected chi connectivity index (χ0v) is 12.5. The monoisotopic (exact) mass is 301 g/mol. The van der Waals surface area contributed by atoms with Gasteiger partial charge in [-0.2, -0.15) is 0 Å². The molecule has 0 fully saturated rings. The van der Waals surface area contributed by atoms with Crippen molar-refractivity contribution in [3.63, 3.8) is 0 Å². The molecule has 1 rings (SSSR count). The first-order chi connectivity index (χ1) is 9.21. The van der Waals surface area contributed by atoms with Crippen LogP contribution in [0.25, 0.3) is 0 Å². The van der Waals surface area contributed by atoms with E-state index in [1.54, 1.807) is 6.92 Å². The van der Waals surface area contributed by atoms with Crippen LogP contribution in [0.1, 0.15) is 19.4 Å². The summed E-state index contributed by atoms with van der Waals surface area (Å²) in [7, 11) is -3.47. The van der Waals surface area contributed by atoms with Crippen LogP contribution in [-0.4, -0.2) is 31.7 Å². The van der Waals surface area contributed by atoms with E-state index in [1.807, 2.05) is 13.8 Å². The largest absolute Gasteiger partial charge is 0.313 e. The third-order valence-electron chi connectivity index (χ3n) is 2.61. The van der Waals surface area contributed by atoms with E-state index >= 15 is 0 Å². The van der Waals surface area contributed by atoms with E-state index in [2.05, 4.69) is 10.0 Å². The number of nitro benzene ring substituents is 1. The Morgan fingerprint density at radius 3 is 2.50 bits per heavy atom. The van der Waals surface area contributed by atoms with Crippen LogP contribution < -0.4 is 10.0 Å². The highest BCUT2D eigenvalue weighted by Gasteiger charge is 2.14. The molecule has 0 spiro atoms. The Morgan fingerprint density at radius 2 is 2.00 bits per heavy atom. The van der Waals surface area contributed by atoms with Gasteiger partial charge in [0.2, 0.25) is 10.0 Å². The number of anilines is 1. The van der Waals surface area contributed by atoms with E-state index in [4.69, 9.17) is 0 Å². The van der Waals surface area contributed by atoms with Crippen molar-refractivity contribution in [1.82, 2.24) is 5.32 Å². The average molecular weight is 301 g/mol. The van der Waals surface area contributed by atoms with Crippen LogP contribution >= 0.6 is 0 Å². The van der Waals surface area contributed by atoms with Gasteiger partial charge in [0.05, 0.1) is 16.4 Å². The Hall–Kier alpha value is -1.67. The Balaban J connectivity index is 2.75. The van der Waals surface area contributed by atoms with Crippen LogP contribution in [0, 0.1) is 17.0 Å². The highest BCUT2D eigenvalue weighted by atomic mass is 32.2. The second kappa shape index (κ2) is 6.67. The van der Waals surface area contributed by atoms with Crippen LogP contribution in [0.15, 0.2) is 18.2 Å². The van der Waals surface area contributed by atoms with Gasteiger partial charge >= 0.3 is 0 Å². The molecule has 8 heteroatoms. The van der Waals surface area contributed by atoms with Gasteiger partial charge in [-0.25, -0.2) is 8.42 Å². The van der Waals surface area contributed by atoms with E-state index in [1.165, 1.54) is 18.2 Å². The predicted molar refractivity (Wildman–Crippen MR) is 78.4 cm³/mol. The van der Waals surface area contributed by atoms with Gasteiger partial charge in [0.15, 0.2) is 0 Å². The van der Waals surface area contributed by atoms with Gasteiger partial charge in [-0.3, -0.25) is 14.8 Å². The summed E-state index contributed by atoms with van der Waals surface area (Å²) in [5.41, 5.74) is 0.812. The summed E-state index contributed by atoms with van der Waals surface area (Å²) in [4.78, 5) is 10.1. The van der Waals surface area contributed by atoms with Crippen molar-refractivity contribution in [2.45, 2.75) is 26.8 Å². The van der Waals surface area contributed by atoms with Crippen molar-refractivity contribution >= 4 is 21.4 Å². The molecule has 0 saturated heterocycles. The molecular formula is C12H19N3O4S. The second-order valence-corrected chi connectivity index (χ2v) is 6.63. The van der Waals surface area contributed by atoms with Gasteiger partial charge in [-0.05, 0) is 18.6 Å². The van der Waals surface area contributed by atoms with Gasteiger partial charge in [-0.15, -0.1) is 0 Å². The zero-order chi connectivity index (χ0) is 15.3. The molecule has 0 aromatic heterocycles. The topological polar surface area (TPSA) is 101 Å². The molecule has 112 valence electrons. The van der Waals surface area contributed by atoms with Gasteiger partial charge < -0.3 is 5.32 Å². The quantitative estimate of drug-likeness (QED) is 0.589. The van der Waals surface area contributed by atoms with Crippen molar-refractivity contribution in [2.75, 3.05) is 17.0 Å². The first kappa shape index (κ1) is 16.4. The van der Waals surface area contributed by atoms with Gasteiger partial charge in [-0.1, -0.05) is 13.8 Å². The minimum atomic E-state index is -3.47. The fourth-order valence-electron chi connectivity index (χ4n) is 1.58. The standard InChI is InChI=1S/C12H19N3O4S/c1-9(2)13-6-7-20(18,19)14-12-5-4-11(15(16)17)8-10(12)3/h4-5,8-9,13-14H,6-7H2,1-3H3. The molecule has 1 aromatic carbocycles. The highest BCUT2D eigenvalue weighted by molar-refractivity contribution is 7.92. The van der Waals surface area contributed by atoms with Crippen molar-refractivity contribution in [3.05, 3.63) is 33.9 Å². The third-order valence-corrected chi connectivity index (χ3v) is 3.88. The van der Waals surface area contributed by atoms with E-state index in [9.17, 15) is 18.5 Å². The number of benzene rings is 1.